The average molecular weight is 734 g/mol. The number of nitrogens with one attached hydrogen (secondary N) is 2. The van der Waals surface area contributed by atoms with E-state index >= 15 is 0 Å². The van der Waals surface area contributed by atoms with Gasteiger partial charge in [0.15, 0.2) is 0 Å². The second-order valence-corrected chi connectivity index (χ2v) is 11.4. The van der Waals surface area contributed by atoms with Gasteiger partial charge in [-0.05, 0) is 25.7 Å². The Morgan fingerprint density at radius 2 is 1.03 bits per heavy atom. The van der Waals surface area contributed by atoms with Gasteiger partial charge in [-0.25, -0.2) is 0 Å². The summed E-state index contributed by atoms with van der Waals surface area (Å²) < 4.78 is 4.83. The fraction of sp³-hybridized carbons (Fsp3) is 0.286. The van der Waals surface area contributed by atoms with Crippen molar-refractivity contribution in [2.45, 2.75) is 25.7 Å². The zero-order valence-corrected chi connectivity index (χ0v) is 28.5. The van der Waals surface area contributed by atoms with Crippen LogP contribution in [0.2, 0.25) is 0 Å². The van der Waals surface area contributed by atoms with Crippen LogP contribution >= 0.6 is 0 Å². The van der Waals surface area contributed by atoms with Gasteiger partial charge in [-0.3, -0.25) is 0 Å². The van der Waals surface area contributed by atoms with Crippen molar-refractivity contribution >= 4 is 69.2 Å². The van der Waals surface area contributed by atoms with Crippen molar-refractivity contribution in [2.24, 2.45) is 0 Å². The summed E-state index contributed by atoms with van der Waals surface area (Å²) in [4.78, 5) is 23.9. The monoisotopic (exact) mass is 731 g/mol. The third-order valence-electron chi connectivity index (χ3n) is 6.51. The fourth-order valence-electron chi connectivity index (χ4n) is 4.85. The summed E-state index contributed by atoms with van der Waals surface area (Å²) in [6.45, 7) is 4.92. The van der Waals surface area contributed by atoms with E-state index < -0.39 is 23.5 Å². The molecule has 2 heterocycles. The smallest absolute Gasteiger partial charge is 1.00 e. The predicted molar refractivity (Wildman–Crippen MR) is 146 cm³/mol. The number of carbonyl (C=O) groups is 2. The largest absolute Gasteiger partial charge is 4.00 e. The number of nitrogens with zero attached hydrogens (tertiary/aromatic N) is 2. The van der Waals surface area contributed by atoms with Crippen LogP contribution in [0, 0.1) is 0 Å². The molecular weight excluding hydrogens is 701 g/mol. The van der Waals surface area contributed by atoms with E-state index in [-0.39, 0.29) is 51.0 Å². The van der Waals surface area contributed by atoms with Crippen LogP contribution in [0.1, 0.15) is 25.7 Å². The Kier molecular flexibility index (Phi) is 17.1. The Morgan fingerprint density at radius 1 is 0.658 bits per heavy atom. The quantitative estimate of drug-likeness (QED) is 0.142. The minimum atomic E-state index is -1.20. The molecule has 0 unspecified atom stereocenters. The Balaban J connectivity index is 0.000000290. The summed E-state index contributed by atoms with van der Waals surface area (Å²) in [7, 11) is 0. The molecule has 0 bridgehead atoms. The first-order valence-corrected chi connectivity index (χ1v) is 15.6. The molecule has 2 amide bonds. The molecule has 6 rings (SSSR count). The molecule has 197 valence electrons. The van der Waals surface area contributed by atoms with Crippen molar-refractivity contribution in [3.8, 4) is 0 Å². The molecule has 1 radical (unpaired) electrons. The summed E-state index contributed by atoms with van der Waals surface area (Å²) in [5.74, 6) is 0. The molecule has 2 N–H and O–H groups in total. The maximum Gasteiger partial charge on any atom is 4.00 e. The van der Waals surface area contributed by atoms with Gasteiger partial charge in [0.05, 0.1) is 0 Å². The first-order valence-electron chi connectivity index (χ1n) is 12.3. The van der Waals surface area contributed by atoms with E-state index in [1.807, 2.05) is 0 Å². The molecule has 4 aromatic rings. The molecule has 6 nitrogen and oxygen atoms in total. The van der Waals surface area contributed by atoms with Crippen LogP contribution in [0.15, 0.2) is 72.8 Å². The number of amides is 2. The van der Waals surface area contributed by atoms with Crippen LogP contribution in [0.25, 0.3) is 21.5 Å². The standard InChI is InChI=1S/2C13H14N.2CH3NO.2ClH.In.Zr/c2*1-2-6-12-11(5-1)7-8-13(12)14-9-3-4-10-14;2*2-1-3;;;;/h2*1-2,5-8H,3-4,9-10H2;2*1H,(H2,2,3);2*1H;;/q2*-1;;;;;+2;+4/p-4. The summed E-state index contributed by atoms with van der Waals surface area (Å²) in [6, 6.07) is 26.3. The van der Waals surface area contributed by atoms with E-state index in [0.29, 0.717) is 12.8 Å². The van der Waals surface area contributed by atoms with E-state index in [4.69, 9.17) is 0 Å². The van der Waals surface area contributed by atoms with Crippen LogP contribution in [-0.4, -0.2) is 62.5 Å². The van der Waals surface area contributed by atoms with Gasteiger partial charge in [0.1, 0.15) is 0 Å². The molecular formula is C28H32Cl2InN4O2Zr. The normalized spacial score (nSPS) is 13.5. The van der Waals surface area contributed by atoms with Crippen molar-refractivity contribution in [1.82, 2.24) is 6.61 Å². The average Bonchev–Trinajstić information content (AvgIpc) is 3.70. The summed E-state index contributed by atoms with van der Waals surface area (Å²) in [5.41, 5.74) is 2.86. The third kappa shape index (κ3) is 9.32. The van der Waals surface area contributed by atoms with Crippen molar-refractivity contribution in [3.05, 3.63) is 72.8 Å². The van der Waals surface area contributed by atoms with Gasteiger partial charge in [0.25, 0.3) is 0 Å². The predicted octanol–water partition coefficient (Wildman–Crippen LogP) is -1.66. The van der Waals surface area contributed by atoms with Crippen LogP contribution in [0.4, 0.5) is 11.4 Å². The van der Waals surface area contributed by atoms with Gasteiger partial charge >= 0.3 is 78.7 Å². The number of hydrogen-bond acceptors (Lipinski definition) is 4. The molecule has 0 atom stereocenters. The number of carbonyl (C=O) groups excluding carboxylic acids is 2. The molecule has 0 saturated carbocycles. The molecule has 38 heavy (non-hydrogen) atoms. The number of anilines is 2. The number of rotatable bonds is 6. The van der Waals surface area contributed by atoms with Crippen molar-refractivity contribution in [2.75, 3.05) is 36.0 Å². The molecule has 2 saturated heterocycles. The first kappa shape index (κ1) is 34.6. The maximum atomic E-state index is 9.46. The van der Waals surface area contributed by atoms with Crippen molar-refractivity contribution in [1.29, 1.82) is 0 Å². The van der Waals surface area contributed by atoms with Crippen molar-refractivity contribution in [3.63, 3.8) is 0 Å². The molecule has 0 aliphatic carbocycles. The van der Waals surface area contributed by atoms with Crippen LogP contribution in [0.5, 0.6) is 0 Å². The van der Waals surface area contributed by atoms with Gasteiger partial charge in [-0.2, -0.15) is 0 Å². The zero-order chi connectivity index (χ0) is 24.3. The SMILES string of the molecule is O=C[NH][In][NH]C=O.[Cl-].[Cl-].[Zr+4].c1ccc2c(N3CCCC3)c[cH-]c2c1.c1ccc2c(N3CCCC3)c[cH-]c2c1. The molecule has 0 aromatic heterocycles. The van der Waals surface area contributed by atoms with E-state index in [9.17, 15) is 9.59 Å². The van der Waals surface area contributed by atoms with E-state index in [0.717, 1.165) is 0 Å². The Labute approximate surface area is 268 Å². The molecule has 4 aromatic carbocycles. The van der Waals surface area contributed by atoms with E-state index in [1.165, 1.54) is 84.8 Å². The summed E-state index contributed by atoms with van der Waals surface area (Å²) >= 11 is -1.20. The minimum absolute atomic E-state index is 0. The van der Waals surface area contributed by atoms with Crippen LogP contribution < -0.4 is 41.2 Å². The third-order valence-corrected chi connectivity index (χ3v) is 8.24. The second-order valence-electron chi connectivity index (χ2n) is 8.71. The van der Waals surface area contributed by atoms with E-state index in [2.05, 4.69) is 89.2 Å². The van der Waals surface area contributed by atoms with Gasteiger partial charge in [0.2, 0.25) is 0 Å². The zero-order valence-electron chi connectivity index (χ0n) is 21.3. The maximum absolute atomic E-state index is 9.46. The van der Waals surface area contributed by atoms with Gasteiger partial charge in [-0.15, -0.1) is 82.2 Å². The van der Waals surface area contributed by atoms with Gasteiger partial charge in [0, 0.05) is 26.2 Å². The molecule has 2 aliphatic rings. The Hall–Kier alpha value is -1.47. The number of benzene rings is 2. The summed E-state index contributed by atoms with van der Waals surface area (Å²) in [6.07, 6.45) is 6.58. The molecule has 2 aliphatic heterocycles. The molecule has 10 heteroatoms. The van der Waals surface area contributed by atoms with E-state index in [1.54, 1.807) is 0 Å². The Morgan fingerprint density at radius 3 is 1.39 bits per heavy atom. The Bertz CT molecular complexity index is 1130. The minimum Gasteiger partial charge on any atom is -1.00 e. The van der Waals surface area contributed by atoms with Crippen LogP contribution in [0.3, 0.4) is 0 Å². The van der Waals surface area contributed by atoms with Gasteiger partial charge < -0.3 is 34.6 Å². The second kappa shape index (κ2) is 18.8. The molecule has 2 fully saturated rings. The van der Waals surface area contributed by atoms with Crippen molar-refractivity contribution < 1.29 is 60.6 Å². The number of fused-ring (bicyclic) bond motifs is 2. The topological polar surface area (TPSA) is 64.7 Å². The summed E-state index contributed by atoms with van der Waals surface area (Å²) in [5, 5.41) is 5.56. The van der Waals surface area contributed by atoms with Gasteiger partial charge in [-0.1, -0.05) is 23.5 Å². The van der Waals surface area contributed by atoms with Crippen LogP contribution in [-0.2, 0) is 35.8 Å². The molecule has 0 spiro atoms. The number of halogens is 2. The fourth-order valence-corrected chi connectivity index (χ4v) is 5.51. The number of hydrogen-bond donors (Lipinski definition) is 2. The first-order chi connectivity index (χ1) is 17.3.